The number of aromatic nitrogens is 4. The van der Waals surface area contributed by atoms with E-state index in [9.17, 15) is 9.59 Å². The highest BCUT2D eigenvalue weighted by atomic mass is 16.5. The van der Waals surface area contributed by atoms with Gasteiger partial charge in [0.25, 0.3) is 11.5 Å². The van der Waals surface area contributed by atoms with Crippen molar-refractivity contribution in [3.63, 3.8) is 0 Å². The van der Waals surface area contributed by atoms with Crippen molar-refractivity contribution in [2.75, 3.05) is 12.8 Å². The normalized spacial score (nSPS) is 11.2. The number of aromatic amines is 1. The van der Waals surface area contributed by atoms with E-state index in [0.717, 1.165) is 10.1 Å². The number of nitrogen functional groups attached to an aromatic ring is 1. The van der Waals surface area contributed by atoms with Crippen LogP contribution in [-0.4, -0.2) is 32.5 Å². The summed E-state index contributed by atoms with van der Waals surface area (Å²) in [6.07, 6.45) is 4.12. The number of anilines is 1. The van der Waals surface area contributed by atoms with Crippen molar-refractivity contribution in [2.24, 2.45) is 0 Å². The van der Waals surface area contributed by atoms with Gasteiger partial charge < -0.3 is 15.5 Å². The van der Waals surface area contributed by atoms with Crippen LogP contribution in [0.2, 0.25) is 0 Å². The third kappa shape index (κ3) is 2.69. The number of nitrogens with zero attached hydrogens (tertiary/aromatic N) is 3. The Kier molecular flexibility index (Phi) is 3.63. The molecule has 0 atom stereocenters. The van der Waals surface area contributed by atoms with Gasteiger partial charge in [-0.3, -0.25) is 9.59 Å². The van der Waals surface area contributed by atoms with Crippen LogP contribution in [-0.2, 0) is 0 Å². The molecule has 0 bridgehead atoms. The van der Waals surface area contributed by atoms with Crippen LogP contribution in [0.15, 0.2) is 41.5 Å². The lowest BCUT2D eigenvalue weighted by molar-refractivity contribution is 0.0968. The molecule has 8 nitrogen and oxygen atoms in total. The lowest BCUT2D eigenvalue weighted by Crippen LogP contribution is -2.29. The zero-order valence-corrected chi connectivity index (χ0v) is 12.2. The Bertz CT molecular complexity index is 971. The summed E-state index contributed by atoms with van der Waals surface area (Å²) in [5, 5.41) is 0. The summed E-state index contributed by atoms with van der Waals surface area (Å²) in [5.41, 5.74) is 6.12. The maximum atomic E-state index is 12.3. The Morgan fingerprint density at radius 3 is 3.04 bits per heavy atom. The highest BCUT2D eigenvalue weighted by molar-refractivity contribution is 5.96. The molecule has 1 aromatic carbocycles. The molecule has 116 valence electrons. The van der Waals surface area contributed by atoms with Crippen LogP contribution in [0.25, 0.3) is 17.2 Å². The summed E-state index contributed by atoms with van der Waals surface area (Å²) in [7, 11) is 1.55. The Balaban J connectivity index is 1.97. The molecule has 0 saturated carbocycles. The molecule has 2 aromatic heterocycles. The topological polar surface area (TPSA) is 116 Å². The molecule has 0 aliphatic carbocycles. The molecule has 0 fully saturated rings. The smallest absolute Gasteiger partial charge is 0.290 e. The first-order chi connectivity index (χ1) is 11.1. The van der Waals surface area contributed by atoms with E-state index in [1.54, 1.807) is 37.5 Å². The molecule has 0 aliphatic heterocycles. The van der Waals surface area contributed by atoms with Crippen LogP contribution in [0.3, 0.4) is 0 Å². The number of imidazole rings is 1. The summed E-state index contributed by atoms with van der Waals surface area (Å²) >= 11 is 0. The number of fused-ring (bicyclic) bond motifs is 1. The number of carbonyl (C=O) groups excluding carboxylic acids is 1. The molecule has 0 amide bonds. The van der Waals surface area contributed by atoms with Gasteiger partial charge in [-0.05, 0) is 23.8 Å². The second-order valence-corrected chi connectivity index (χ2v) is 4.66. The van der Waals surface area contributed by atoms with E-state index < -0.39 is 11.5 Å². The van der Waals surface area contributed by atoms with E-state index in [-0.39, 0.29) is 17.1 Å². The fraction of sp³-hybridized carbons (Fsp3) is 0.0667. The fourth-order valence-electron chi connectivity index (χ4n) is 2.10. The van der Waals surface area contributed by atoms with Gasteiger partial charge in [-0.25, -0.2) is 9.55 Å². The number of ether oxygens (including phenoxy) is 1. The summed E-state index contributed by atoms with van der Waals surface area (Å²) in [5.74, 6) is -0.143. The van der Waals surface area contributed by atoms with Crippen molar-refractivity contribution in [3.05, 3.63) is 52.6 Å². The maximum absolute atomic E-state index is 12.3. The molecule has 3 N–H and O–H groups in total. The Labute approximate surface area is 130 Å². The van der Waals surface area contributed by atoms with Gasteiger partial charge in [0.05, 0.1) is 13.4 Å². The van der Waals surface area contributed by atoms with Crippen LogP contribution >= 0.6 is 0 Å². The summed E-state index contributed by atoms with van der Waals surface area (Å²) in [6, 6.07) is 7.14. The van der Waals surface area contributed by atoms with Crippen molar-refractivity contribution in [1.82, 2.24) is 19.5 Å². The monoisotopic (exact) mass is 311 g/mol. The van der Waals surface area contributed by atoms with Gasteiger partial charge >= 0.3 is 0 Å². The van der Waals surface area contributed by atoms with Crippen LogP contribution < -0.4 is 16.0 Å². The molecule has 8 heteroatoms. The van der Waals surface area contributed by atoms with E-state index in [4.69, 9.17) is 10.5 Å². The average Bonchev–Trinajstić information content (AvgIpc) is 3.01. The van der Waals surface area contributed by atoms with E-state index in [1.165, 1.54) is 12.4 Å². The van der Waals surface area contributed by atoms with Gasteiger partial charge in [0, 0.05) is 6.08 Å². The SMILES string of the molecule is COc1cccc(/C=C/C(=O)n2c(N)nc3[nH]cnc3c2=O)c1. The minimum absolute atomic E-state index is 0.0577. The maximum Gasteiger partial charge on any atom is 0.290 e. The van der Waals surface area contributed by atoms with Crippen molar-refractivity contribution in [3.8, 4) is 5.75 Å². The minimum atomic E-state index is -0.617. The summed E-state index contributed by atoms with van der Waals surface area (Å²) in [4.78, 5) is 35.0. The second kappa shape index (κ2) is 5.76. The van der Waals surface area contributed by atoms with Crippen LogP contribution in [0.1, 0.15) is 10.4 Å². The predicted molar refractivity (Wildman–Crippen MR) is 85.2 cm³/mol. The lowest BCUT2D eigenvalue weighted by atomic mass is 10.2. The van der Waals surface area contributed by atoms with Gasteiger partial charge in [0.1, 0.15) is 5.75 Å². The number of benzene rings is 1. The van der Waals surface area contributed by atoms with Crippen molar-refractivity contribution in [1.29, 1.82) is 0 Å². The minimum Gasteiger partial charge on any atom is -0.497 e. The van der Waals surface area contributed by atoms with Gasteiger partial charge in [0.2, 0.25) is 5.95 Å². The van der Waals surface area contributed by atoms with E-state index >= 15 is 0 Å². The Morgan fingerprint density at radius 1 is 1.43 bits per heavy atom. The predicted octanol–water partition coefficient (Wildman–Crippen LogP) is 1.06. The van der Waals surface area contributed by atoms with Crippen molar-refractivity contribution >= 4 is 29.1 Å². The number of methoxy groups -OCH3 is 1. The van der Waals surface area contributed by atoms with Gasteiger partial charge in [-0.15, -0.1) is 0 Å². The molecule has 23 heavy (non-hydrogen) atoms. The van der Waals surface area contributed by atoms with E-state index in [0.29, 0.717) is 5.75 Å². The summed E-state index contributed by atoms with van der Waals surface area (Å²) < 4.78 is 5.89. The van der Waals surface area contributed by atoms with Crippen LogP contribution in [0, 0.1) is 0 Å². The number of allylic oxidation sites excluding steroid dienone is 1. The molecule has 0 unspecified atom stereocenters. The van der Waals surface area contributed by atoms with Crippen LogP contribution in [0.5, 0.6) is 5.75 Å². The van der Waals surface area contributed by atoms with Gasteiger partial charge in [-0.2, -0.15) is 4.98 Å². The first-order valence-corrected chi connectivity index (χ1v) is 6.68. The van der Waals surface area contributed by atoms with E-state index in [1.807, 2.05) is 0 Å². The average molecular weight is 311 g/mol. The zero-order valence-electron chi connectivity index (χ0n) is 12.2. The van der Waals surface area contributed by atoms with Crippen LogP contribution in [0.4, 0.5) is 5.95 Å². The molecular weight excluding hydrogens is 298 g/mol. The first-order valence-electron chi connectivity index (χ1n) is 6.68. The number of hydrogen-bond acceptors (Lipinski definition) is 6. The lowest BCUT2D eigenvalue weighted by Gasteiger charge is -2.04. The van der Waals surface area contributed by atoms with Crippen molar-refractivity contribution in [2.45, 2.75) is 0 Å². The molecular formula is C15H13N5O3. The number of nitrogens with one attached hydrogen (secondary N) is 1. The number of hydrogen-bond donors (Lipinski definition) is 2. The number of rotatable bonds is 3. The second-order valence-electron chi connectivity index (χ2n) is 4.66. The molecule has 0 spiro atoms. The number of H-pyrrole nitrogens is 1. The molecule has 0 aliphatic rings. The third-order valence-corrected chi connectivity index (χ3v) is 3.21. The van der Waals surface area contributed by atoms with Gasteiger partial charge in [-0.1, -0.05) is 12.1 Å². The first kappa shape index (κ1) is 14.5. The fourth-order valence-corrected chi connectivity index (χ4v) is 2.10. The molecule has 3 aromatic rings. The van der Waals surface area contributed by atoms with Gasteiger partial charge in [0.15, 0.2) is 11.2 Å². The highest BCUT2D eigenvalue weighted by Gasteiger charge is 2.14. The molecule has 0 saturated heterocycles. The summed E-state index contributed by atoms with van der Waals surface area (Å²) in [6.45, 7) is 0. The zero-order chi connectivity index (χ0) is 16.4. The van der Waals surface area contributed by atoms with Crippen molar-refractivity contribution < 1.29 is 9.53 Å². The standard InChI is InChI=1S/C15H13N5O3/c1-23-10-4-2-3-9(7-10)5-6-11(21)20-14(22)12-13(18-8-17-12)19-15(20)16/h2-8H,1H3,(H2,16,19)(H,17,18)/b6-5+. The molecule has 0 radical (unpaired) electrons. The Hall–Kier alpha value is -3.42. The Morgan fingerprint density at radius 2 is 2.26 bits per heavy atom. The number of carbonyl (C=O) groups is 1. The quantitative estimate of drug-likeness (QED) is 0.699. The number of nitrogens with two attached hydrogens (primary N) is 1. The molecule has 3 rings (SSSR count). The van der Waals surface area contributed by atoms with E-state index in [2.05, 4.69) is 15.0 Å². The largest absolute Gasteiger partial charge is 0.497 e. The third-order valence-electron chi connectivity index (χ3n) is 3.21. The highest BCUT2D eigenvalue weighted by Crippen LogP contribution is 2.14. The molecule has 2 heterocycles.